The Balaban J connectivity index is 2.05. The smallest absolute Gasteiger partial charge is 0.338 e. The Morgan fingerprint density at radius 2 is 1.67 bits per heavy atom. The summed E-state index contributed by atoms with van der Waals surface area (Å²) in [5.41, 5.74) is 1.69. The van der Waals surface area contributed by atoms with E-state index in [0.717, 1.165) is 5.56 Å². The topological polar surface area (TPSA) is 102 Å². The molecule has 0 saturated carbocycles. The van der Waals surface area contributed by atoms with E-state index in [1.807, 2.05) is 30.3 Å². The molecule has 2 aromatic carbocycles. The Kier molecular flexibility index (Phi) is 10.3. The third kappa shape index (κ3) is 9.18. The van der Waals surface area contributed by atoms with E-state index >= 15 is 0 Å². The molecule has 7 nitrogen and oxygen atoms in total. The lowest BCUT2D eigenvalue weighted by Crippen LogP contribution is -2.29. The molecule has 33 heavy (non-hydrogen) atoms. The number of benzene rings is 2. The summed E-state index contributed by atoms with van der Waals surface area (Å²) in [6.07, 6.45) is 0.574. The number of aliphatic hydroxyl groups is 2. The summed E-state index contributed by atoms with van der Waals surface area (Å²) < 4.78 is 15.7. The summed E-state index contributed by atoms with van der Waals surface area (Å²) in [6.45, 7) is 3.25. The van der Waals surface area contributed by atoms with Crippen molar-refractivity contribution in [1.29, 1.82) is 0 Å². The van der Waals surface area contributed by atoms with Gasteiger partial charge in [-0.15, -0.1) is 0 Å². The lowest BCUT2D eigenvalue weighted by Gasteiger charge is -2.25. The Morgan fingerprint density at radius 1 is 1.06 bits per heavy atom. The third-order valence-electron chi connectivity index (χ3n) is 5.03. The number of carbonyl (C=O) groups is 2. The zero-order chi connectivity index (χ0) is 24.3. The summed E-state index contributed by atoms with van der Waals surface area (Å²) in [5.74, 6) is -3.17. The van der Waals surface area contributed by atoms with E-state index < -0.39 is 29.7 Å². The molecule has 1 unspecified atom stereocenters. The molecule has 7 heteroatoms. The number of ether oxygens (including phenoxy) is 3. The van der Waals surface area contributed by atoms with Crippen LogP contribution in [0.1, 0.15) is 42.6 Å². The van der Waals surface area contributed by atoms with Crippen LogP contribution in [0, 0.1) is 5.92 Å². The van der Waals surface area contributed by atoms with Crippen molar-refractivity contribution >= 4 is 11.9 Å². The maximum atomic E-state index is 12.1. The first-order chi connectivity index (χ1) is 15.7. The number of rotatable bonds is 12. The molecule has 0 spiro atoms. The number of carbonyl (C=O) groups excluding carboxylic acids is 2. The molecule has 2 N–H and O–H groups in total. The van der Waals surface area contributed by atoms with Crippen LogP contribution in [0.25, 0.3) is 0 Å². The molecule has 0 radical (unpaired) electrons. The molecule has 0 aliphatic heterocycles. The molecule has 0 saturated heterocycles. The lowest BCUT2D eigenvalue weighted by atomic mass is 9.94. The van der Waals surface area contributed by atoms with E-state index in [2.05, 4.69) is 0 Å². The first-order valence-electron chi connectivity index (χ1n) is 10.8. The van der Waals surface area contributed by atoms with Gasteiger partial charge < -0.3 is 24.4 Å². The lowest BCUT2D eigenvalue weighted by molar-refractivity contribution is -0.162. The van der Waals surface area contributed by atoms with Gasteiger partial charge in [-0.2, -0.15) is 0 Å². The highest BCUT2D eigenvalue weighted by Crippen LogP contribution is 2.23. The van der Waals surface area contributed by atoms with Gasteiger partial charge in [0.15, 0.2) is 5.79 Å². The van der Waals surface area contributed by atoms with Crippen LogP contribution in [0.3, 0.4) is 0 Å². The van der Waals surface area contributed by atoms with Gasteiger partial charge in [-0.1, -0.05) is 55.5 Å². The summed E-state index contributed by atoms with van der Waals surface area (Å²) in [5, 5.41) is 21.5. The Labute approximate surface area is 194 Å². The third-order valence-corrected chi connectivity index (χ3v) is 5.03. The Hall–Kier alpha value is -3.00. The molecular formula is C26H32O7. The molecular weight excluding hydrogens is 424 g/mol. The maximum Gasteiger partial charge on any atom is 0.338 e. The van der Waals surface area contributed by atoms with Crippen LogP contribution in [0.15, 0.2) is 72.3 Å². The molecule has 3 atom stereocenters. The molecule has 0 aliphatic carbocycles. The van der Waals surface area contributed by atoms with Gasteiger partial charge in [-0.25, -0.2) is 4.79 Å². The fourth-order valence-corrected chi connectivity index (χ4v) is 3.22. The van der Waals surface area contributed by atoms with Crippen molar-refractivity contribution < 1.29 is 34.0 Å². The van der Waals surface area contributed by atoms with Gasteiger partial charge in [0, 0.05) is 6.42 Å². The van der Waals surface area contributed by atoms with E-state index in [0.29, 0.717) is 11.1 Å². The average Bonchev–Trinajstić information content (AvgIpc) is 2.82. The van der Waals surface area contributed by atoms with Crippen molar-refractivity contribution in [1.82, 2.24) is 0 Å². The first-order valence-corrected chi connectivity index (χ1v) is 10.8. The van der Waals surface area contributed by atoms with Gasteiger partial charge in [0.1, 0.15) is 0 Å². The molecule has 178 valence electrons. The molecule has 0 amide bonds. The molecule has 2 aromatic rings. The summed E-state index contributed by atoms with van der Waals surface area (Å²) in [4.78, 5) is 24.0. The highest BCUT2D eigenvalue weighted by molar-refractivity contribution is 5.89. The van der Waals surface area contributed by atoms with Gasteiger partial charge in [0.25, 0.3) is 0 Å². The Morgan fingerprint density at radius 3 is 2.27 bits per heavy atom. The second-order valence-electron chi connectivity index (χ2n) is 7.98. The van der Waals surface area contributed by atoms with Gasteiger partial charge in [0.2, 0.25) is 0 Å². The van der Waals surface area contributed by atoms with E-state index in [-0.39, 0.29) is 26.1 Å². The van der Waals surface area contributed by atoms with E-state index in [9.17, 15) is 19.8 Å². The largest absolute Gasteiger partial charge is 0.469 e. The van der Waals surface area contributed by atoms with Crippen LogP contribution < -0.4 is 0 Å². The number of aliphatic hydroxyl groups excluding tert-OH is 1. The minimum Gasteiger partial charge on any atom is -0.469 e. The van der Waals surface area contributed by atoms with E-state index in [4.69, 9.17) is 14.2 Å². The minimum atomic E-state index is -1.69. The van der Waals surface area contributed by atoms with E-state index in [1.54, 1.807) is 37.3 Å². The monoisotopic (exact) mass is 456 g/mol. The second-order valence-corrected chi connectivity index (χ2v) is 7.98. The van der Waals surface area contributed by atoms with Gasteiger partial charge in [-0.3, -0.25) is 4.79 Å². The summed E-state index contributed by atoms with van der Waals surface area (Å²) >= 11 is 0. The van der Waals surface area contributed by atoms with E-state index in [1.165, 1.54) is 20.1 Å². The molecule has 2 rings (SSSR count). The highest BCUT2D eigenvalue weighted by Gasteiger charge is 2.25. The van der Waals surface area contributed by atoms with Crippen LogP contribution in [-0.2, 0) is 25.6 Å². The van der Waals surface area contributed by atoms with Gasteiger partial charge >= 0.3 is 11.9 Å². The zero-order valence-electron chi connectivity index (χ0n) is 19.3. The molecule has 0 fully saturated rings. The minimum absolute atomic E-state index is 0.0359. The fourth-order valence-electron chi connectivity index (χ4n) is 3.22. The molecule has 0 heterocycles. The molecule has 0 aromatic heterocycles. The van der Waals surface area contributed by atoms with Crippen molar-refractivity contribution in [2.45, 2.75) is 45.2 Å². The van der Waals surface area contributed by atoms with Crippen molar-refractivity contribution in [3.63, 3.8) is 0 Å². The Bertz CT molecular complexity index is 907. The zero-order valence-corrected chi connectivity index (χ0v) is 19.3. The fraction of sp³-hybridized carbons (Fsp3) is 0.385. The number of methoxy groups -OCH3 is 1. The van der Waals surface area contributed by atoms with Crippen LogP contribution in [0.5, 0.6) is 0 Å². The highest BCUT2D eigenvalue weighted by atomic mass is 16.6. The normalized spacial score (nSPS) is 15.2. The second kappa shape index (κ2) is 12.9. The van der Waals surface area contributed by atoms with Crippen molar-refractivity contribution in [3.8, 4) is 0 Å². The standard InChI is InChI=1S/C26H32O7/c1-19(24(28)31-3)16-22(17-26(2,30)33-18-20-10-6-4-7-11-20)23(27)14-15-32-25(29)21-12-8-5-9-13-21/h4-13,17,19,23,27,30H,14-16,18H2,1-3H3/b22-17+/t19-,23+,26?/m0/s1. The summed E-state index contributed by atoms with van der Waals surface area (Å²) in [6, 6.07) is 17.9. The predicted octanol–water partition coefficient (Wildman–Crippen LogP) is 3.65. The maximum absolute atomic E-state index is 12.1. The predicted molar refractivity (Wildman–Crippen MR) is 123 cm³/mol. The SMILES string of the molecule is COC(=O)[C@@H](C)C/C(=C\C(C)(O)OCc1ccccc1)[C@H](O)CCOC(=O)c1ccccc1. The number of hydrogen-bond acceptors (Lipinski definition) is 7. The van der Waals surface area contributed by atoms with Crippen LogP contribution in [0.2, 0.25) is 0 Å². The quantitative estimate of drug-likeness (QED) is 0.286. The first kappa shape index (κ1) is 26.3. The van der Waals surface area contributed by atoms with Crippen molar-refractivity contribution in [3.05, 3.63) is 83.4 Å². The van der Waals surface area contributed by atoms with Crippen LogP contribution in [-0.4, -0.2) is 47.8 Å². The molecule has 0 aliphatic rings. The summed E-state index contributed by atoms with van der Waals surface area (Å²) in [7, 11) is 1.29. The van der Waals surface area contributed by atoms with Crippen molar-refractivity contribution in [2.75, 3.05) is 13.7 Å². The van der Waals surface area contributed by atoms with Crippen molar-refractivity contribution in [2.24, 2.45) is 5.92 Å². The van der Waals surface area contributed by atoms with Crippen LogP contribution >= 0.6 is 0 Å². The van der Waals surface area contributed by atoms with Gasteiger partial charge in [-0.05, 0) is 42.7 Å². The molecule has 0 bridgehead atoms. The van der Waals surface area contributed by atoms with Gasteiger partial charge in [0.05, 0.1) is 37.9 Å². The van der Waals surface area contributed by atoms with Crippen LogP contribution in [0.4, 0.5) is 0 Å². The number of hydrogen-bond donors (Lipinski definition) is 2. The average molecular weight is 457 g/mol. The number of esters is 2.